The van der Waals surface area contributed by atoms with Crippen LogP contribution in [0.2, 0.25) is 10.0 Å². The largest absolute Gasteiger partial charge is 0.421 e. The maximum absolute atomic E-state index is 12.2. The number of carbonyl (C=O) groups is 1. The van der Waals surface area contributed by atoms with Crippen LogP contribution in [0.5, 0.6) is 0 Å². The second kappa shape index (κ2) is 9.02. The number of aromatic nitrogens is 2. The van der Waals surface area contributed by atoms with Crippen molar-refractivity contribution in [3.05, 3.63) is 70.0 Å². The second-order valence-corrected chi connectivity index (χ2v) is 7.02. The van der Waals surface area contributed by atoms with Crippen LogP contribution >= 0.6 is 23.2 Å². The molecule has 7 heteroatoms. The second-order valence-electron chi connectivity index (χ2n) is 6.18. The minimum atomic E-state index is -0.199. The molecule has 0 fully saturated rings. The van der Waals surface area contributed by atoms with Gasteiger partial charge in [-0.3, -0.25) is 4.79 Å². The maximum Gasteiger partial charge on any atom is 0.247 e. The third-order valence-corrected chi connectivity index (χ3v) is 4.65. The molecular formula is C20H19Cl2N3O2. The van der Waals surface area contributed by atoms with Crippen LogP contribution in [0.25, 0.3) is 11.5 Å². The molecule has 2 aromatic carbocycles. The van der Waals surface area contributed by atoms with E-state index in [-0.39, 0.29) is 11.9 Å². The van der Waals surface area contributed by atoms with Crippen LogP contribution < -0.4 is 5.32 Å². The van der Waals surface area contributed by atoms with Crippen molar-refractivity contribution in [1.82, 2.24) is 15.5 Å². The fourth-order valence-electron chi connectivity index (χ4n) is 2.70. The first kappa shape index (κ1) is 19.4. The summed E-state index contributed by atoms with van der Waals surface area (Å²) in [4.78, 5) is 12.2. The molecule has 140 valence electrons. The van der Waals surface area contributed by atoms with Gasteiger partial charge in [0.1, 0.15) is 0 Å². The molecule has 0 aliphatic carbocycles. The summed E-state index contributed by atoms with van der Waals surface area (Å²) in [7, 11) is 0. The Kier molecular flexibility index (Phi) is 6.48. The van der Waals surface area contributed by atoms with Gasteiger partial charge in [-0.2, -0.15) is 0 Å². The molecule has 1 aromatic heterocycles. The number of nitrogens with zero attached hydrogens (tertiary/aromatic N) is 2. The van der Waals surface area contributed by atoms with Gasteiger partial charge in [0.05, 0.1) is 6.04 Å². The standard InChI is InChI=1S/C20H19Cl2N3O2/c1-13(16-11-10-15(21)12-17(16)22)23-18(26)8-5-9-19-24-25-20(27-19)14-6-3-2-4-7-14/h2-4,6-7,10-13H,5,8-9H2,1H3,(H,23,26)/t13-/m1/s1. The molecule has 27 heavy (non-hydrogen) atoms. The van der Waals surface area contributed by atoms with E-state index in [1.54, 1.807) is 12.1 Å². The average Bonchev–Trinajstić information content (AvgIpc) is 3.11. The predicted molar refractivity (Wildman–Crippen MR) is 106 cm³/mol. The zero-order valence-electron chi connectivity index (χ0n) is 14.8. The maximum atomic E-state index is 12.2. The summed E-state index contributed by atoms with van der Waals surface area (Å²) in [6.45, 7) is 1.89. The highest BCUT2D eigenvalue weighted by Crippen LogP contribution is 2.26. The Labute approximate surface area is 167 Å². The van der Waals surface area contributed by atoms with Crippen molar-refractivity contribution in [2.24, 2.45) is 0 Å². The van der Waals surface area contributed by atoms with Gasteiger partial charge in [0.15, 0.2) is 0 Å². The molecule has 3 rings (SSSR count). The van der Waals surface area contributed by atoms with Crippen molar-refractivity contribution in [2.75, 3.05) is 0 Å². The van der Waals surface area contributed by atoms with Gasteiger partial charge in [0, 0.05) is 28.5 Å². The molecule has 1 N–H and O–H groups in total. The SMILES string of the molecule is C[C@@H](NC(=O)CCCc1nnc(-c2ccccc2)o1)c1ccc(Cl)cc1Cl. The molecule has 5 nitrogen and oxygen atoms in total. The van der Waals surface area contributed by atoms with E-state index in [0.29, 0.717) is 41.1 Å². The quantitative estimate of drug-likeness (QED) is 0.585. The Balaban J connectivity index is 1.48. The topological polar surface area (TPSA) is 68.0 Å². The number of nitrogens with one attached hydrogen (secondary N) is 1. The number of hydrogen-bond acceptors (Lipinski definition) is 4. The highest BCUT2D eigenvalue weighted by molar-refractivity contribution is 6.35. The number of hydrogen-bond donors (Lipinski definition) is 1. The van der Waals surface area contributed by atoms with Crippen LogP contribution in [-0.4, -0.2) is 16.1 Å². The molecule has 0 aliphatic heterocycles. The van der Waals surface area contributed by atoms with E-state index >= 15 is 0 Å². The van der Waals surface area contributed by atoms with E-state index in [0.717, 1.165) is 11.1 Å². The molecule has 0 saturated carbocycles. The van der Waals surface area contributed by atoms with Crippen molar-refractivity contribution in [3.8, 4) is 11.5 Å². The predicted octanol–water partition coefficient (Wildman–Crippen LogP) is 5.24. The van der Waals surface area contributed by atoms with Crippen LogP contribution in [0.15, 0.2) is 52.9 Å². The number of amides is 1. The lowest BCUT2D eigenvalue weighted by Crippen LogP contribution is -2.26. The van der Waals surface area contributed by atoms with E-state index in [9.17, 15) is 4.79 Å². The van der Waals surface area contributed by atoms with E-state index in [1.807, 2.05) is 43.3 Å². The summed E-state index contributed by atoms with van der Waals surface area (Å²) in [5.74, 6) is 0.952. The third-order valence-electron chi connectivity index (χ3n) is 4.09. The first-order valence-corrected chi connectivity index (χ1v) is 9.40. The first-order valence-electron chi connectivity index (χ1n) is 8.65. The van der Waals surface area contributed by atoms with E-state index in [4.69, 9.17) is 27.6 Å². The molecule has 0 spiro atoms. The summed E-state index contributed by atoms with van der Waals surface area (Å²) < 4.78 is 5.64. The fraction of sp³-hybridized carbons (Fsp3) is 0.250. The molecule has 0 saturated heterocycles. The third kappa shape index (κ3) is 5.31. The average molecular weight is 404 g/mol. The van der Waals surface area contributed by atoms with Crippen LogP contribution in [0, 0.1) is 0 Å². The minimum absolute atomic E-state index is 0.0590. The zero-order chi connectivity index (χ0) is 19.2. The van der Waals surface area contributed by atoms with Gasteiger partial charge in [-0.15, -0.1) is 10.2 Å². The van der Waals surface area contributed by atoms with Crippen LogP contribution in [-0.2, 0) is 11.2 Å². The highest BCUT2D eigenvalue weighted by Gasteiger charge is 2.14. The molecule has 1 heterocycles. The zero-order valence-corrected chi connectivity index (χ0v) is 16.3. The lowest BCUT2D eigenvalue weighted by atomic mass is 10.1. The van der Waals surface area contributed by atoms with Crippen LogP contribution in [0.3, 0.4) is 0 Å². The van der Waals surface area contributed by atoms with Crippen molar-refractivity contribution < 1.29 is 9.21 Å². The summed E-state index contributed by atoms with van der Waals surface area (Å²) in [6.07, 6.45) is 1.52. The smallest absolute Gasteiger partial charge is 0.247 e. The van der Waals surface area contributed by atoms with E-state index in [1.165, 1.54) is 0 Å². The monoisotopic (exact) mass is 403 g/mol. The molecule has 0 unspecified atom stereocenters. The van der Waals surface area contributed by atoms with E-state index in [2.05, 4.69) is 15.5 Å². The number of benzene rings is 2. The minimum Gasteiger partial charge on any atom is -0.421 e. The number of rotatable bonds is 7. The molecular weight excluding hydrogens is 385 g/mol. The Morgan fingerprint density at radius 3 is 2.67 bits per heavy atom. The molecule has 0 bridgehead atoms. The van der Waals surface area contributed by atoms with E-state index < -0.39 is 0 Å². The van der Waals surface area contributed by atoms with Crippen molar-refractivity contribution in [2.45, 2.75) is 32.2 Å². The van der Waals surface area contributed by atoms with Crippen molar-refractivity contribution in [3.63, 3.8) is 0 Å². The Bertz CT molecular complexity index is 913. The fourth-order valence-corrected chi connectivity index (χ4v) is 3.27. The summed E-state index contributed by atoms with van der Waals surface area (Å²) >= 11 is 12.1. The highest BCUT2D eigenvalue weighted by atomic mass is 35.5. The Hall–Kier alpha value is -2.37. The summed E-state index contributed by atoms with van der Waals surface area (Å²) in [5, 5.41) is 12.1. The van der Waals surface area contributed by atoms with Gasteiger partial charge in [-0.25, -0.2) is 0 Å². The van der Waals surface area contributed by atoms with Gasteiger partial charge in [0.25, 0.3) is 0 Å². The van der Waals surface area contributed by atoms with Gasteiger partial charge >= 0.3 is 0 Å². The summed E-state index contributed by atoms with van der Waals surface area (Å²) in [5.41, 5.74) is 1.71. The van der Waals surface area contributed by atoms with Gasteiger partial charge in [0.2, 0.25) is 17.7 Å². The van der Waals surface area contributed by atoms with Crippen molar-refractivity contribution >= 4 is 29.1 Å². The Morgan fingerprint density at radius 2 is 1.93 bits per heavy atom. The van der Waals surface area contributed by atoms with Gasteiger partial charge in [-0.1, -0.05) is 47.5 Å². The number of aryl methyl sites for hydroxylation is 1. The number of carbonyl (C=O) groups excluding carboxylic acids is 1. The lowest BCUT2D eigenvalue weighted by Gasteiger charge is -2.15. The normalized spacial score (nSPS) is 12.0. The van der Waals surface area contributed by atoms with Gasteiger partial charge < -0.3 is 9.73 Å². The van der Waals surface area contributed by atoms with Crippen molar-refractivity contribution in [1.29, 1.82) is 0 Å². The lowest BCUT2D eigenvalue weighted by molar-refractivity contribution is -0.121. The molecule has 0 radical (unpaired) electrons. The summed E-state index contributed by atoms with van der Waals surface area (Å²) in [6, 6.07) is 14.6. The van der Waals surface area contributed by atoms with Gasteiger partial charge in [-0.05, 0) is 43.2 Å². The molecule has 0 aliphatic rings. The molecule has 3 aromatic rings. The first-order chi connectivity index (χ1) is 13.0. The Morgan fingerprint density at radius 1 is 1.15 bits per heavy atom. The van der Waals surface area contributed by atoms with Crippen LogP contribution in [0.4, 0.5) is 0 Å². The molecule has 1 amide bonds. The molecule has 1 atom stereocenters. The number of halogens is 2. The van der Waals surface area contributed by atoms with Crippen LogP contribution in [0.1, 0.15) is 37.3 Å².